The largest absolute Gasteiger partial charge is 0.497 e. The van der Waals surface area contributed by atoms with Crippen LogP contribution < -0.4 is 20.5 Å². The second kappa shape index (κ2) is 7.05. The molecule has 2 atom stereocenters. The molecule has 0 aromatic heterocycles. The Labute approximate surface area is 148 Å². The van der Waals surface area contributed by atoms with Crippen LogP contribution >= 0.6 is 0 Å². The van der Waals surface area contributed by atoms with Gasteiger partial charge in [0.15, 0.2) is 5.96 Å². The molecule has 0 fully saturated rings. The molecule has 2 unspecified atom stereocenters. The van der Waals surface area contributed by atoms with Gasteiger partial charge in [-0.05, 0) is 49.6 Å². The summed E-state index contributed by atoms with van der Waals surface area (Å²) in [7, 11) is 3.32. The van der Waals surface area contributed by atoms with Gasteiger partial charge in [-0.1, -0.05) is 23.8 Å². The maximum absolute atomic E-state index is 6.10. The van der Waals surface area contributed by atoms with E-state index in [1.54, 1.807) is 14.2 Å². The van der Waals surface area contributed by atoms with E-state index >= 15 is 0 Å². The Balaban J connectivity index is 1.97. The summed E-state index contributed by atoms with van der Waals surface area (Å²) in [5.74, 6) is 2.03. The molecule has 1 aliphatic heterocycles. The topological polar surface area (TPSA) is 68.9 Å². The van der Waals surface area contributed by atoms with E-state index in [0.717, 1.165) is 23.5 Å². The van der Waals surface area contributed by atoms with Crippen LogP contribution in [-0.2, 0) is 0 Å². The van der Waals surface area contributed by atoms with E-state index < -0.39 is 0 Å². The number of aryl methyl sites for hydroxylation is 2. The number of ether oxygens (including phenoxy) is 2. The highest BCUT2D eigenvalue weighted by molar-refractivity contribution is 5.79. The lowest BCUT2D eigenvalue weighted by atomic mass is 9.90. The zero-order valence-corrected chi connectivity index (χ0v) is 15.2. The van der Waals surface area contributed by atoms with Gasteiger partial charge in [-0.25, -0.2) is 4.99 Å². The Hall–Kier alpha value is -2.69. The van der Waals surface area contributed by atoms with Crippen molar-refractivity contribution in [3.63, 3.8) is 0 Å². The summed E-state index contributed by atoms with van der Waals surface area (Å²) in [4.78, 5) is 4.61. The molecule has 25 heavy (non-hydrogen) atoms. The molecule has 5 heteroatoms. The quantitative estimate of drug-likeness (QED) is 0.896. The second-order valence-corrected chi connectivity index (χ2v) is 6.43. The van der Waals surface area contributed by atoms with Gasteiger partial charge < -0.3 is 20.5 Å². The maximum Gasteiger partial charge on any atom is 0.189 e. The van der Waals surface area contributed by atoms with Crippen LogP contribution in [0.3, 0.4) is 0 Å². The summed E-state index contributed by atoms with van der Waals surface area (Å²) in [6.07, 6.45) is 0.800. The fourth-order valence-corrected chi connectivity index (χ4v) is 3.44. The van der Waals surface area contributed by atoms with Crippen molar-refractivity contribution in [1.82, 2.24) is 5.32 Å². The van der Waals surface area contributed by atoms with Crippen LogP contribution in [0.1, 0.15) is 40.8 Å². The van der Waals surface area contributed by atoms with Crippen LogP contribution in [0, 0.1) is 13.8 Å². The van der Waals surface area contributed by atoms with Crippen molar-refractivity contribution in [2.24, 2.45) is 10.7 Å². The van der Waals surface area contributed by atoms with Gasteiger partial charge in [0.05, 0.1) is 26.3 Å². The van der Waals surface area contributed by atoms with Gasteiger partial charge in [0.25, 0.3) is 0 Å². The van der Waals surface area contributed by atoms with Crippen LogP contribution in [0.25, 0.3) is 0 Å². The number of guanidine groups is 1. The van der Waals surface area contributed by atoms with Crippen LogP contribution in [0.4, 0.5) is 0 Å². The molecule has 0 amide bonds. The fourth-order valence-electron chi connectivity index (χ4n) is 3.44. The van der Waals surface area contributed by atoms with E-state index in [1.807, 2.05) is 18.2 Å². The van der Waals surface area contributed by atoms with Crippen LogP contribution in [0.5, 0.6) is 11.5 Å². The van der Waals surface area contributed by atoms with Crippen molar-refractivity contribution in [2.75, 3.05) is 14.2 Å². The standard InChI is InChI=1S/C20H25N3O2/c1-12-5-7-15(13(2)9-12)17-11-18(23-20(21)22-17)16-10-14(24-3)6-8-19(16)25-4/h5-10,17-18H,11H2,1-4H3,(H3,21,22,23). The lowest BCUT2D eigenvalue weighted by Gasteiger charge is -2.30. The first kappa shape index (κ1) is 17.1. The zero-order valence-electron chi connectivity index (χ0n) is 15.2. The number of rotatable bonds is 4. The third-order valence-corrected chi connectivity index (χ3v) is 4.67. The average Bonchev–Trinajstić information content (AvgIpc) is 2.60. The molecule has 1 aliphatic rings. The number of hydrogen-bond acceptors (Lipinski definition) is 5. The number of nitrogens with zero attached hydrogens (tertiary/aromatic N) is 1. The van der Waals surface area contributed by atoms with E-state index in [2.05, 4.69) is 42.4 Å². The number of aliphatic imine (C=N–C) groups is 1. The predicted molar refractivity (Wildman–Crippen MR) is 100 cm³/mol. The SMILES string of the molecule is COc1ccc(OC)c(C2CC(c3ccc(C)cc3C)NC(N)=N2)c1. The first-order chi connectivity index (χ1) is 12.0. The molecule has 0 radical (unpaired) electrons. The minimum absolute atomic E-state index is 0.0861. The van der Waals surface area contributed by atoms with E-state index in [9.17, 15) is 0 Å². The molecule has 2 aromatic rings. The van der Waals surface area contributed by atoms with Crippen molar-refractivity contribution < 1.29 is 9.47 Å². The highest BCUT2D eigenvalue weighted by Crippen LogP contribution is 2.39. The van der Waals surface area contributed by atoms with Gasteiger partial charge in [0.1, 0.15) is 11.5 Å². The highest BCUT2D eigenvalue weighted by atomic mass is 16.5. The van der Waals surface area contributed by atoms with Crippen molar-refractivity contribution in [1.29, 1.82) is 0 Å². The van der Waals surface area contributed by atoms with Crippen molar-refractivity contribution in [3.05, 3.63) is 58.7 Å². The van der Waals surface area contributed by atoms with Crippen molar-refractivity contribution >= 4 is 5.96 Å². The summed E-state index contributed by atoms with van der Waals surface area (Å²) in [6.45, 7) is 4.23. The van der Waals surface area contributed by atoms with Gasteiger partial charge >= 0.3 is 0 Å². The van der Waals surface area contributed by atoms with Gasteiger partial charge in [-0.15, -0.1) is 0 Å². The molecule has 0 saturated carbocycles. The van der Waals surface area contributed by atoms with Gasteiger partial charge in [-0.2, -0.15) is 0 Å². The Kier molecular flexibility index (Phi) is 4.83. The lowest BCUT2D eigenvalue weighted by Crippen LogP contribution is -2.39. The number of benzene rings is 2. The number of methoxy groups -OCH3 is 2. The first-order valence-electron chi connectivity index (χ1n) is 8.40. The summed E-state index contributed by atoms with van der Waals surface area (Å²) in [6, 6.07) is 12.3. The summed E-state index contributed by atoms with van der Waals surface area (Å²) in [5, 5.41) is 3.31. The molecule has 2 aromatic carbocycles. The smallest absolute Gasteiger partial charge is 0.189 e. The molecular formula is C20H25N3O2. The number of nitrogens with one attached hydrogen (secondary N) is 1. The Bertz CT molecular complexity index is 802. The van der Waals surface area contributed by atoms with E-state index in [1.165, 1.54) is 16.7 Å². The molecule has 3 rings (SSSR count). The normalized spacial score (nSPS) is 19.8. The Morgan fingerprint density at radius 3 is 2.52 bits per heavy atom. The monoisotopic (exact) mass is 339 g/mol. The Morgan fingerprint density at radius 2 is 1.84 bits per heavy atom. The third-order valence-electron chi connectivity index (χ3n) is 4.67. The molecule has 0 bridgehead atoms. The minimum Gasteiger partial charge on any atom is -0.497 e. The first-order valence-corrected chi connectivity index (χ1v) is 8.40. The average molecular weight is 339 g/mol. The van der Waals surface area contributed by atoms with E-state index in [4.69, 9.17) is 15.2 Å². The maximum atomic E-state index is 6.10. The second-order valence-electron chi connectivity index (χ2n) is 6.43. The zero-order chi connectivity index (χ0) is 18.0. The lowest BCUT2D eigenvalue weighted by molar-refractivity contribution is 0.388. The molecule has 0 saturated heterocycles. The fraction of sp³-hybridized carbons (Fsp3) is 0.350. The van der Waals surface area contributed by atoms with Crippen molar-refractivity contribution in [3.8, 4) is 11.5 Å². The van der Waals surface area contributed by atoms with E-state index in [0.29, 0.717) is 5.96 Å². The molecule has 1 heterocycles. The van der Waals surface area contributed by atoms with Crippen LogP contribution in [0.15, 0.2) is 41.4 Å². The molecule has 0 aliphatic carbocycles. The third kappa shape index (κ3) is 3.55. The number of hydrogen-bond donors (Lipinski definition) is 2. The highest BCUT2D eigenvalue weighted by Gasteiger charge is 2.27. The summed E-state index contributed by atoms with van der Waals surface area (Å²) >= 11 is 0. The molecule has 132 valence electrons. The molecular weight excluding hydrogens is 314 g/mol. The molecule has 3 N–H and O–H groups in total. The van der Waals surface area contributed by atoms with E-state index in [-0.39, 0.29) is 12.1 Å². The molecule has 0 spiro atoms. The Morgan fingerprint density at radius 1 is 1.04 bits per heavy atom. The van der Waals surface area contributed by atoms with Crippen LogP contribution in [-0.4, -0.2) is 20.2 Å². The van der Waals surface area contributed by atoms with Gasteiger partial charge in [-0.3, -0.25) is 0 Å². The van der Waals surface area contributed by atoms with Gasteiger partial charge in [0.2, 0.25) is 0 Å². The van der Waals surface area contributed by atoms with Crippen molar-refractivity contribution in [2.45, 2.75) is 32.4 Å². The van der Waals surface area contributed by atoms with Gasteiger partial charge in [0, 0.05) is 5.56 Å². The predicted octanol–water partition coefficient (Wildman–Crippen LogP) is 3.41. The summed E-state index contributed by atoms with van der Waals surface area (Å²) < 4.78 is 10.9. The minimum atomic E-state index is -0.0861. The number of nitrogens with two attached hydrogens (primary N) is 1. The summed E-state index contributed by atoms with van der Waals surface area (Å²) in [5.41, 5.74) is 10.8. The molecule has 5 nitrogen and oxygen atoms in total. The van der Waals surface area contributed by atoms with Crippen LogP contribution in [0.2, 0.25) is 0 Å².